The van der Waals surface area contributed by atoms with E-state index in [2.05, 4.69) is 15.3 Å². The van der Waals surface area contributed by atoms with Crippen LogP contribution in [0, 0.1) is 0 Å². The van der Waals surface area contributed by atoms with Crippen molar-refractivity contribution < 1.29 is 9.47 Å². The zero-order valence-electron chi connectivity index (χ0n) is 11.8. The summed E-state index contributed by atoms with van der Waals surface area (Å²) in [5, 5.41) is 3.16. The summed E-state index contributed by atoms with van der Waals surface area (Å²) in [6, 6.07) is 0. The van der Waals surface area contributed by atoms with Crippen LogP contribution in [0.4, 0.5) is 5.82 Å². The Morgan fingerprint density at radius 3 is 2.58 bits per heavy atom. The van der Waals surface area contributed by atoms with Gasteiger partial charge in [0, 0.05) is 6.54 Å². The Kier molecular flexibility index (Phi) is 5.24. The lowest BCUT2D eigenvalue weighted by Crippen LogP contribution is -2.17. The Balaban J connectivity index is 2.11. The van der Waals surface area contributed by atoms with Gasteiger partial charge in [0.1, 0.15) is 12.4 Å². The SMILES string of the molecule is CCNc1ncnc(OC2CCCCCC2)c1OC. The molecule has 1 heterocycles. The van der Waals surface area contributed by atoms with Crippen LogP contribution in [-0.2, 0) is 0 Å². The number of aromatic nitrogens is 2. The number of ether oxygens (including phenoxy) is 2. The normalized spacial score (nSPS) is 16.7. The fourth-order valence-electron chi connectivity index (χ4n) is 2.44. The van der Waals surface area contributed by atoms with E-state index in [0.717, 1.165) is 19.4 Å². The third-order valence-electron chi connectivity index (χ3n) is 3.40. The largest absolute Gasteiger partial charge is 0.489 e. The first-order valence-corrected chi connectivity index (χ1v) is 7.14. The molecule has 0 saturated heterocycles. The first kappa shape index (κ1) is 13.9. The van der Waals surface area contributed by atoms with E-state index in [-0.39, 0.29) is 6.10 Å². The molecule has 1 aliphatic rings. The van der Waals surface area contributed by atoms with Crippen molar-refractivity contribution in [2.75, 3.05) is 19.0 Å². The van der Waals surface area contributed by atoms with Gasteiger partial charge in [-0.15, -0.1) is 0 Å². The molecule has 1 fully saturated rings. The molecular formula is C14H23N3O2. The maximum Gasteiger partial charge on any atom is 0.262 e. The monoisotopic (exact) mass is 265 g/mol. The zero-order chi connectivity index (χ0) is 13.5. The van der Waals surface area contributed by atoms with Gasteiger partial charge >= 0.3 is 0 Å². The Labute approximate surface area is 114 Å². The molecule has 0 aromatic carbocycles. The van der Waals surface area contributed by atoms with Crippen LogP contribution in [0.3, 0.4) is 0 Å². The number of rotatable bonds is 5. The minimum Gasteiger partial charge on any atom is -0.489 e. The van der Waals surface area contributed by atoms with Crippen molar-refractivity contribution in [3.63, 3.8) is 0 Å². The number of nitrogens with one attached hydrogen (secondary N) is 1. The number of nitrogens with zero attached hydrogens (tertiary/aromatic N) is 2. The molecule has 0 spiro atoms. The van der Waals surface area contributed by atoms with Crippen LogP contribution in [0.5, 0.6) is 11.6 Å². The van der Waals surface area contributed by atoms with Gasteiger partial charge in [0.2, 0.25) is 5.75 Å². The smallest absolute Gasteiger partial charge is 0.262 e. The molecule has 1 aromatic rings. The van der Waals surface area contributed by atoms with E-state index in [0.29, 0.717) is 17.4 Å². The molecule has 0 aliphatic heterocycles. The second kappa shape index (κ2) is 7.16. The van der Waals surface area contributed by atoms with Gasteiger partial charge in [0.15, 0.2) is 5.82 Å². The van der Waals surface area contributed by atoms with Crippen molar-refractivity contribution in [1.29, 1.82) is 0 Å². The van der Waals surface area contributed by atoms with Crippen molar-refractivity contribution in [2.24, 2.45) is 0 Å². The molecule has 0 atom stereocenters. The highest BCUT2D eigenvalue weighted by atomic mass is 16.5. The van der Waals surface area contributed by atoms with Crippen LogP contribution in [0.2, 0.25) is 0 Å². The van der Waals surface area contributed by atoms with E-state index in [1.807, 2.05) is 6.92 Å². The Hall–Kier alpha value is -1.52. The fourth-order valence-corrected chi connectivity index (χ4v) is 2.44. The van der Waals surface area contributed by atoms with E-state index in [1.54, 1.807) is 7.11 Å². The first-order valence-electron chi connectivity index (χ1n) is 7.14. The average molecular weight is 265 g/mol. The summed E-state index contributed by atoms with van der Waals surface area (Å²) in [5.41, 5.74) is 0. The summed E-state index contributed by atoms with van der Waals surface area (Å²) in [4.78, 5) is 8.40. The summed E-state index contributed by atoms with van der Waals surface area (Å²) in [7, 11) is 1.62. The van der Waals surface area contributed by atoms with E-state index < -0.39 is 0 Å². The van der Waals surface area contributed by atoms with Gasteiger partial charge in [-0.25, -0.2) is 4.98 Å². The summed E-state index contributed by atoms with van der Waals surface area (Å²) in [5.74, 6) is 1.86. The van der Waals surface area contributed by atoms with Crippen LogP contribution in [-0.4, -0.2) is 29.7 Å². The quantitative estimate of drug-likeness (QED) is 0.829. The predicted molar refractivity (Wildman–Crippen MR) is 74.9 cm³/mol. The zero-order valence-corrected chi connectivity index (χ0v) is 11.8. The van der Waals surface area contributed by atoms with E-state index in [4.69, 9.17) is 9.47 Å². The first-order chi connectivity index (χ1) is 9.35. The standard InChI is InChI=1S/C14H23N3O2/c1-3-15-13-12(18-2)14(17-10-16-13)19-11-8-6-4-5-7-9-11/h10-11H,3-9H2,1-2H3,(H,15,16,17). The maximum atomic E-state index is 6.03. The lowest BCUT2D eigenvalue weighted by molar-refractivity contribution is 0.168. The highest BCUT2D eigenvalue weighted by Gasteiger charge is 2.19. The van der Waals surface area contributed by atoms with Crippen LogP contribution in [0.1, 0.15) is 45.4 Å². The van der Waals surface area contributed by atoms with Crippen molar-refractivity contribution in [3.8, 4) is 11.6 Å². The lowest BCUT2D eigenvalue weighted by atomic mass is 10.1. The van der Waals surface area contributed by atoms with Crippen LogP contribution < -0.4 is 14.8 Å². The molecule has 1 N–H and O–H groups in total. The number of anilines is 1. The molecule has 5 nitrogen and oxygen atoms in total. The number of methoxy groups -OCH3 is 1. The molecule has 1 aromatic heterocycles. The summed E-state index contributed by atoms with van der Waals surface area (Å²) < 4.78 is 11.4. The topological polar surface area (TPSA) is 56.3 Å². The maximum absolute atomic E-state index is 6.03. The second-order valence-electron chi connectivity index (χ2n) is 4.82. The summed E-state index contributed by atoms with van der Waals surface area (Å²) in [6.07, 6.45) is 9.06. The van der Waals surface area contributed by atoms with Gasteiger partial charge in [0.05, 0.1) is 7.11 Å². The van der Waals surface area contributed by atoms with Gasteiger partial charge in [-0.2, -0.15) is 4.98 Å². The molecule has 0 amide bonds. The molecule has 106 valence electrons. The number of hydrogen-bond donors (Lipinski definition) is 1. The number of hydrogen-bond acceptors (Lipinski definition) is 5. The summed E-state index contributed by atoms with van der Waals surface area (Å²) in [6.45, 7) is 2.81. The molecular weight excluding hydrogens is 242 g/mol. The molecule has 1 aliphatic carbocycles. The molecule has 0 unspecified atom stereocenters. The van der Waals surface area contributed by atoms with Crippen LogP contribution >= 0.6 is 0 Å². The minimum absolute atomic E-state index is 0.251. The third-order valence-corrected chi connectivity index (χ3v) is 3.40. The van der Waals surface area contributed by atoms with E-state index in [1.165, 1.54) is 32.0 Å². The van der Waals surface area contributed by atoms with Gasteiger partial charge in [-0.1, -0.05) is 12.8 Å². The molecule has 0 bridgehead atoms. The van der Waals surface area contributed by atoms with Gasteiger partial charge in [-0.05, 0) is 32.6 Å². The Bertz CT molecular complexity index is 390. The Morgan fingerprint density at radius 2 is 1.95 bits per heavy atom. The third kappa shape index (κ3) is 3.72. The van der Waals surface area contributed by atoms with E-state index >= 15 is 0 Å². The van der Waals surface area contributed by atoms with Crippen molar-refractivity contribution in [1.82, 2.24) is 9.97 Å². The van der Waals surface area contributed by atoms with Crippen LogP contribution in [0.25, 0.3) is 0 Å². The highest BCUT2D eigenvalue weighted by Crippen LogP contribution is 2.33. The highest BCUT2D eigenvalue weighted by molar-refractivity contribution is 5.54. The minimum atomic E-state index is 0.251. The van der Waals surface area contributed by atoms with Gasteiger partial charge in [0.25, 0.3) is 5.88 Å². The Morgan fingerprint density at radius 1 is 1.21 bits per heavy atom. The van der Waals surface area contributed by atoms with Crippen molar-refractivity contribution >= 4 is 5.82 Å². The molecule has 0 radical (unpaired) electrons. The molecule has 5 heteroatoms. The van der Waals surface area contributed by atoms with Crippen LogP contribution in [0.15, 0.2) is 6.33 Å². The van der Waals surface area contributed by atoms with Crippen molar-refractivity contribution in [2.45, 2.75) is 51.6 Å². The van der Waals surface area contributed by atoms with E-state index in [9.17, 15) is 0 Å². The second-order valence-corrected chi connectivity index (χ2v) is 4.82. The summed E-state index contributed by atoms with van der Waals surface area (Å²) >= 11 is 0. The lowest BCUT2D eigenvalue weighted by Gasteiger charge is -2.18. The predicted octanol–water partition coefficient (Wildman–Crippen LogP) is 3.02. The van der Waals surface area contributed by atoms with Crippen molar-refractivity contribution in [3.05, 3.63) is 6.33 Å². The van der Waals surface area contributed by atoms with Gasteiger partial charge in [-0.3, -0.25) is 0 Å². The van der Waals surface area contributed by atoms with Gasteiger partial charge < -0.3 is 14.8 Å². The molecule has 19 heavy (non-hydrogen) atoms. The fraction of sp³-hybridized carbons (Fsp3) is 0.714. The molecule has 2 rings (SSSR count). The average Bonchev–Trinajstić information content (AvgIpc) is 2.68. The molecule has 1 saturated carbocycles.